The lowest BCUT2D eigenvalue weighted by Crippen LogP contribution is -2.19. The molecule has 6 nitrogen and oxygen atoms in total. The van der Waals surface area contributed by atoms with Gasteiger partial charge in [-0.2, -0.15) is 0 Å². The van der Waals surface area contributed by atoms with Gasteiger partial charge in [-0.3, -0.25) is 9.05 Å². The van der Waals surface area contributed by atoms with E-state index in [0.717, 1.165) is 42.4 Å². The fourth-order valence-electron chi connectivity index (χ4n) is 5.22. The highest BCUT2D eigenvalue weighted by Gasteiger charge is 2.35. The molecule has 0 aliphatic rings. The van der Waals surface area contributed by atoms with Crippen molar-refractivity contribution in [1.82, 2.24) is 0 Å². The lowest BCUT2D eigenvalue weighted by molar-refractivity contribution is 0.329. The smallest absolute Gasteiger partial charge is 0.410 e. The molecule has 4 rings (SSSR count). The van der Waals surface area contributed by atoms with Gasteiger partial charge in [0.05, 0.1) is 16.2 Å². The van der Waals surface area contributed by atoms with Gasteiger partial charge >= 0.3 is 15.2 Å². The molecule has 0 aliphatic carbocycles. The maximum atomic E-state index is 14.3. The second-order valence-electron chi connectivity index (χ2n) is 11.6. The van der Waals surface area contributed by atoms with E-state index in [1.807, 2.05) is 55.5 Å². The van der Waals surface area contributed by atoms with E-state index in [2.05, 4.69) is 20.8 Å². The molecule has 0 bridgehead atoms. The van der Waals surface area contributed by atoms with Crippen LogP contribution in [0.1, 0.15) is 64.0 Å². The molecule has 4 aromatic rings. The zero-order valence-electron chi connectivity index (χ0n) is 26.6. The minimum Gasteiger partial charge on any atom is -0.420 e. The minimum absolute atomic E-state index is 0.303. The van der Waals surface area contributed by atoms with E-state index in [4.69, 9.17) is 18.1 Å². The fraction of sp³-hybridized carbons (Fsp3) is 0.333. The van der Waals surface area contributed by atoms with E-state index >= 15 is 0 Å². The molecule has 2 atom stereocenters. The highest BCUT2D eigenvalue weighted by atomic mass is 31.2. The molecule has 0 aromatic heterocycles. The first-order valence-corrected chi connectivity index (χ1v) is 18.2. The van der Waals surface area contributed by atoms with Crippen molar-refractivity contribution in [3.63, 3.8) is 0 Å². The van der Waals surface area contributed by atoms with E-state index in [-0.39, 0.29) is 5.41 Å². The quantitative estimate of drug-likeness (QED) is 0.0958. The Balaban J connectivity index is 1.98. The average Bonchev–Trinajstić information content (AvgIpc) is 3.03. The Labute approximate surface area is 262 Å². The van der Waals surface area contributed by atoms with Crippen LogP contribution in [0.3, 0.4) is 0 Å². The lowest BCUT2D eigenvalue weighted by atomic mass is 9.79. The summed E-state index contributed by atoms with van der Waals surface area (Å²) in [6.45, 7) is 8.54. The first-order chi connectivity index (χ1) is 21.0. The third-order valence-electron chi connectivity index (χ3n) is 7.87. The first kappa shape index (κ1) is 33.7. The fourth-order valence-corrected chi connectivity index (χ4v) is 7.88. The number of hydrogen-bond donors (Lipinski definition) is 0. The van der Waals surface area contributed by atoms with Crippen molar-refractivity contribution in [2.75, 3.05) is 14.2 Å². The van der Waals surface area contributed by atoms with Gasteiger partial charge in [-0.15, -0.1) is 0 Å². The zero-order valence-corrected chi connectivity index (χ0v) is 28.4. The van der Waals surface area contributed by atoms with Crippen LogP contribution in [0.25, 0.3) is 11.1 Å². The molecule has 0 saturated carbocycles. The summed E-state index contributed by atoms with van der Waals surface area (Å²) in [6.07, 6.45) is 5.42. The summed E-state index contributed by atoms with van der Waals surface area (Å²) >= 11 is 0. The van der Waals surface area contributed by atoms with Crippen molar-refractivity contribution >= 4 is 25.8 Å². The molecule has 44 heavy (non-hydrogen) atoms. The Morgan fingerprint density at radius 3 is 1.64 bits per heavy atom. The molecular weight excluding hydrogens is 590 g/mol. The summed E-state index contributed by atoms with van der Waals surface area (Å²) in [5.74, 6) is 0.629. The van der Waals surface area contributed by atoms with Crippen LogP contribution >= 0.6 is 15.2 Å². The summed E-state index contributed by atoms with van der Waals surface area (Å²) in [4.78, 5) is 0. The molecule has 2 unspecified atom stereocenters. The normalized spacial score (nSPS) is 14.4. The summed E-state index contributed by atoms with van der Waals surface area (Å²) in [5, 5.41) is 0.854. The maximum absolute atomic E-state index is 14.3. The molecule has 0 radical (unpaired) electrons. The van der Waals surface area contributed by atoms with Gasteiger partial charge in [0.15, 0.2) is 0 Å². The van der Waals surface area contributed by atoms with Gasteiger partial charge in [0.2, 0.25) is 0 Å². The highest BCUT2D eigenvalue weighted by molar-refractivity contribution is 7.63. The Kier molecular flexibility index (Phi) is 11.3. The average molecular weight is 635 g/mol. The number of rotatable bonds is 15. The topological polar surface area (TPSA) is 71.1 Å². The van der Waals surface area contributed by atoms with Gasteiger partial charge < -0.3 is 9.05 Å². The van der Waals surface area contributed by atoms with E-state index in [1.54, 1.807) is 48.5 Å². The van der Waals surface area contributed by atoms with Gasteiger partial charge in [0.25, 0.3) is 0 Å². The van der Waals surface area contributed by atoms with Gasteiger partial charge in [-0.05, 0) is 66.3 Å². The molecule has 4 aromatic carbocycles. The molecule has 0 heterocycles. The summed E-state index contributed by atoms with van der Waals surface area (Å²) < 4.78 is 52.8. The van der Waals surface area contributed by atoms with E-state index in [0.29, 0.717) is 27.7 Å². The van der Waals surface area contributed by atoms with Crippen molar-refractivity contribution in [3.8, 4) is 22.6 Å². The zero-order chi connectivity index (χ0) is 31.8. The van der Waals surface area contributed by atoms with Crippen molar-refractivity contribution in [2.45, 2.75) is 65.2 Å². The molecule has 8 heteroatoms. The molecule has 0 saturated heterocycles. The number of hydrogen-bond acceptors (Lipinski definition) is 6. The monoisotopic (exact) mass is 634 g/mol. The van der Waals surface area contributed by atoms with Gasteiger partial charge in [-0.1, -0.05) is 113 Å². The first-order valence-electron chi connectivity index (χ1n) is 15.1. The third kappa shape index (κ3) is 7.92. The van der Waals surface area contributed by atoms with Crippen LogP contribution in [0.2, 0.25) is 0 Å². The van der Waals surface area contributed by atoms with Crippen LogP contribution in [0.5, 0.6) is 11.5 Å². The van der Waals surface area contributed by atoms with Crippen LogP contribution in [0.4, 0.5) is 0 Å². The van der Waals surface area contributed by atoms with Gasteiger partial charge in [0.1, 0.15) is 11.5 Å². The van der Waals surface area contributed by atoms with Gasteiger partial charge in [-0.25, -0.2) is 9.13 Å². The van der Waals surface area contributed by atoms with Crippen molar-refractivity contribution < 1.29 is 27.2 Å². The molecule has 0 fully saturated rings. The van der Waals surface area contributed by atoms with Crippen LogP contribution in [-0.4, -0.2) is 14.2 Å². The number of benzene rings is 4. The Morgan fingerprint density at radius 2 is 1.18 bits per heavy atom. The Bertz CT molecular complexity index is 1530. The van der Waals surface area contributed by atoms with Crippen molar-refractivity contribution in [1.29, 1.82) is 0 Å². The largest absolute Gasteiger partial charge is 0.420 e. The molecular formula is C36H44O6P2. The summed E-state index contributed by atoms with van der Waals surface area (Å²) in [5.41, 5.74) is 2.88. The molecule has 0 amide bonds. The third-order valence-corrected chi connectivity index (χ3v) is 11.6. The van der Waals surface area contributed by atoms with Gasteiger partial charge in [0, 0.05) is 14.2 Å². The maximum Gasteiger partial charge on any atom is 0.410 e. The van der Waals surface area contributed by atoms with Crippen LogP contribution < -0.4 is 19.7 Å². The number of aryl methyl sites for hydroxylation is 1. The molecule has 0 N–H and O–H groups in total. The molecule has 0 aliphatic heterocycles. The van der Waals surface area contributed by atoms with Crippen molar-refractivity contribution in [2.24, 2.45) is 0 Å². The second kappa shape index (κ2) is 14.8. The van der Waals surface area contributed by atoms with E-state index in [9.17, 15) is 9.13 Å². The van der Waals surface area contributed by atoms with E-state index in [1.165, 1.54) is 20.6 Å². The summed E-state index contributed by atoms with van der Waals surface area (Å²) in [7, 11) is -4.89. The van der Waals surface area contributed by atoms with E-state index < -0.39 is 15.2 Å². The Morgan fingerprint density at radius 1 is 0.659 bits per heavy atom. The summed E-state index contributed by atoms with van der Waals surface area (Å²) in [6, 6.07) is 29.5. The SMILES string of the molecule is CCCCCCC(C)(C)c1cc(OP(=O)(OC)c2ccccc2)c(-c2cccc(C)c2)c(OP(=O)(OC)c2ccccc2)c1. The predicted molar refractivity (Wildman–Crippen MR) is 181 cm³/mol. The minimum atomic E-state index is -3.83. The van der Waals surface area contributed by atoms with Crippen molar-refractivity contribution in [3.05, 3.63) is 108 Å². The molecule has 234 valence electrons. The number of unbranched alkanes of at least 4 members (excludes halogenated alkanes) is 3. The Hall–Kier alpha value is -3.14. The predicted octanol–water partition coefficient (Wildman–Crippen LogP) is 10.00. The highest BCUT2D eigenvalue weighted by Crippen LogP contribution is 2.56. The lowest BCUT2D eigenvalue weighted by Gasteiger charge is -2.30. The van der Waals surface area contributed by atoms with Crippen LogP contribution in [0.15, 0.2) is 97.1 Å². The van der Waals surface area contributed by atoms with Crippen LogP contribution in [-0.2, 0) is 23.6 Å². The standard InChI is InChI=1S/C36H44O6P2/c1-7-8-9-16-24-36(3,4)30-26-33(41-43(37,39-5)31-20-12-10-13-21-31)35(29-19-17-18-28(2)25-29)34(27-30)42-44(38,40-6)32-22-14-11-15-23-32/h10-15,17-23,25-27H,7-9,16,24H2,1-6H3. The van der Waals surface area contributed by atoms with Crippen LogP contribution in [0, 0.1) is 6.92 Å². The second-order valence-corrected chi connectivity index (χ2v) is 15.7. The molecule has 0 spiro atoms.